The SMILES string of the molecule is COCCNc1nc(-c2ccccc2[N+](=O)[O-])no1. The van der Waals surface area contributed by atoms with Crippen LogP contribution in [0.2, 0.25) is 0 Å². The van der Waals surface area contributed by atoms with Crippen LogP contribution in [-0.4, -0.2) is 35.3 Å². The zero-order valence-electron chi connectivity index (χ0n) is 10.2. The molecule has 0 amide bonds. The van der Waals surface area contributed by atoms with Crippen LogP contribution in [0.3, 0.4) is 0 Å². The highest BCUT2D eigenvalue weighted by Gasteiger charge is 2.18. The number of nitro groups is 1. The van der Waals surface area contributed by atoms with Crippen molar-refractivity contribution in [1.82, 2.24) is 10.1 Å². The molecule has 1 heterocycles. The Bertz CT molecular complexity index is 569. The first-order chi connectivity index (χ1) is 9.22. The molecule has 0 bridgehead atoms. The zero-order valence-corrected chi connectivity index (χ0v) is 10.2. The number of hydrogen-bond acceptors (Lipinski definition) is 7. The molecule has 0 aliphatic rings. The quantitative estimate of drug-likeness (QED) is 0.481. The Labute approximate surface area is 108 Å². The molecule has 0 saturated heterocycles. The number of nitrogens with one attached hydrogen (secondary N) is 1. The summed E-state index contributed by atoms with van der Waals surface area (Å²) in [5, 5.41) is 17.5. The maximum absolute atomic E-state index is 10.9. The Balaban J connectivity index is 2.21. The second kappa shape index (κ2) is 5.91. The highest BCUT2D eigenvalue weighted by Crippen LogP contribution is 2.27. The fourth-order valence-electron chi connectivity index (χ4n) is 1.49. The monoisotopic (exact) mass is 264 g/mol. The van der Waals surface area contributed by atoms with Crippen molar-refractivity contribution in [2.45, 2.75) is 0 Å². The van der Waals surface area contributed by atoms with Crippen molar-refractivity contribution in [1.29, 1.82) is 0 Å². The van der Waals surface area contributed by atoms with E-state index in [9.17, 15) is 10.1 Å². The summed E-state index contributed by atoms with van der Waals surface area (Å²) in [6.07, 6.45) is 0. The number of aromatic nitrogens is 2. The summed E-state index contributed by atoms with van der Waals surface area (Å²) in [4.78, 5) is 14.5. The predicted octanol–water partition coefficient (Wildman–Crippen LogP) is 1.70. The lowest BCUT2D eigenvalue weighted by atomic mass is 10.2. The molecule has 100 valence electrons. The largest absolute Gasteiger partial charge is 0.383 e. The van der Waals surface area contributed by atoms with E-state index >= 15 is 0 Å². The maximum Gasteiger partial charge on any atom is 0.321 e. The Morgan fingerprint density at radius 2 is 2.26 bits per heavy atom. The number of anilines is 1. The van der Waals surface area contributed by atoms with E-state index in [1.807, 2.05) is 0 Å². The molecule has 2 rings (SSSR count). The summed E-state index contributed by atoms with van der Waals surface area (Å²) in [6.45, 7) is 0.998. The van der Waals surface area contributed by atoms with Gasteiger partial charge < -0.3 is 14.6 Å². The minimum Gasteiger partial charge on any atom is -0.383 e. The summed E-state index contributed by atoms with van der Waals surface area (Å²) in [5.74, 6) is 0.173. The average molecular weight is 264 g/mol. The Hall–Kier alpha value is -2.48. The minimum atomic E-state index is -0.482. The molecule has 1 aromatic carbocycles. The maximum atomic E-state index is 10.9. The molecule has 0 saturated carbocycles. The lowest BCUT2D eigenvalue weighted by molar-refractivity contribution is -0.384. The first-order valence-corrected chi connectivity index (χ1v) is 5.52. The summed E-state index contributed by atoms with van der Waals surface area (Å²) in [7, 11) is 1.58. The van der Waals surface area contributed by atoms with Gasteiger partial charge in [-0.1, -0.05) is 17.3 Å². The fourth-order valence-corrected chi connectivity index (χ4v) is 1.49. The molecular formula is C11H12N4O4. The van der Waals surface area contributed by atoms with E-state index in [4.69, 9.17) is 9.26 Å². The smallest absolute Gasteiger partial charge is 0.321 e. The van der Waals surface area contributed by atoms with E-state index in [-0.39, 0.29) is 17.5 Å². The highest BCUT2D eigenvalue weighted by molar-refractivity contribution is 5.67. The molecule has 0 aliphatic heterocycles. The Kier molecular flexibility index (Phi) is 4.04. The van der Waals surface area contributed by atoms with Gasteiger partial charge in [-0.05, 0) is 6.07 Å². The molecule has 8 nitrogen and oxygen atoms in total. The van der Waals surface area contributed by atoms with E-state index in [1.165, 1.54) is 6.07 Å². The first-order valence-electron chi connectivity index (χ1n) is 5.52. The van der Waals surface area contributed by atoms with Crippen molar-refractivity contribution >= 4 is 11.7 Å². The third kappa shape index (κ3) is 3.05. The standard InChI is InChI=1S/C11H12N4O4/c1-18-7-6-12-11-13-10(14-19-11)8-4-2-3-5-9(8)15(16)17/h2-5H,6-7H2,1H3,(H,12,13,14). The normalized spacial score (nSPS) is 10.4. The number of para-hydroxylation sites is 1. The van der Waals surface area contributed by atoms with Gasteiger partial charge >= 0.3 is 6.01 Å². The molecule has 0 fully saturated rings. The van der Waals surface area contributed by atoms with Gasteiger partial charge in [-0.15, -0.1) is 0 Å². The van der Waals surface area contributed by atoms with Crippen molar-refractivity contribution in [2.75, 3.05) is 25.6 Å². The van der Waals surface area contributed by atoms with Crippen LogP contribution in [0, 0.1) is 10.1 Å². The lowest BCUT2D eigenvalue weighted by Gasteiger charge is -1.98. The summed E-state index contributed by atoms with van der Waals surface area (Å²) in [6, 6.07) is 6.42. The average Bonchev–Trinajstić information content (AvgIpc) is 2.88. The molecular weight excluding hydrogens is 252 g/mol. The molecule has 19 heavy (non-hydrogen) atoms. The van der Waals surface area contributed by atoms with Gasteiger partial charge in [-0.2, -0.15) is 4.98 Å². The van der Waals surface area contributed by atoms with Crippen molar-refractivity contribution in [2.24, 2.45) is 0 Å². The molecule has 2 aromatic rings. The molecule has 0 atom stereocenters. The molecule has 1 aromatic heterocycles. The second-order valence-electron chi connectivity index (χ2n) is 3.62. The fraction of sp³-hybridized carbons (Fsp3) is 0.273. The van der Waals surface area contributed by atoms with Crippen LogP contribution in [-0.2, 0) is 4.74 Å². The molecule has 1 N–H and O–H groups in total. The van der Waals surface area contributed by atoms with Crippen LogP contribution in [0.15, 0.2) is 28.8 Å². The Morgan fingerprint density at radius 3 is 3.00 bits per heavy atom. The number of nitro benzene ring substituents is 1. The van der Waals surface area contributed by atoms with Crippen LogP contribution in [0.5, 0.6) is 0 Å². The van der Waals surface area contributed by atoms with E-state index < -0.39 is 4.92 Å². The molecule has 0 spiro atoms. The topological polar surface area (TPSA) is 103 Å². The van der Waals surface area contributed by atoms with Gasteiger partial charge in [-0.25, -0.2) is 0 Å². The number of methoxy groups -OCH3 is 1. The predicted molar refractivity (Wildman–Crippen MR) is 66.8 cm³/mol. The highest BCUT2D eigenvalue weighted by atomic mass is 16.6. The molecule has 0 unspecified atom stereocenters. The van der Waals surface area contributed by atoms with Crippen LogP contribution < -0.4 is 5.32 Å². The van der Waals surface area contributed by atoms with Gasteiger partial charge in [0.05, 0.1) is 11.5 Å². The van der Waals surface area contributed by atoms with E-state index in [2.05, 4.69) is 15.5 Å². The van der Waals surface area contributed by atoms with Gasteiger partial charge in [-0.3, -0.25) is 10.1 Å². The molecule has 0 radical (unpaired) electrons. The van der Waals surface area contributed by atoms with Crippen molar-refractivity contribution in [3.05, 3.63) is 34.4 Å². The van der Waals surface area contributed by atoms with Crippen LogP contribution in [0.4, 0.5) is 11.7 Å². The number of ether oxygens (including phenoxy) is 1. The van der Waals surface area contributed by atoms with Crippen molar-refractivity contribution in [3.8, 4) is 11.4 Å². The van der Waals surface area contributed by atoms with Gasteiger partial charge in [0.1, 0.15) is 5.56 Å². The summed E-state index contributed by atoms with van der Waals surface area (Å²) < 4.78 is 9.81. The Morgan fingerprint density at radius 1 is 1.47 bits per heavy atom. The van der Waals surface area contributed by atoms with E-state index in [0.29, 0.717) is 18.7 Å². The third-order valence-corrected chi connectivity index (χ3v) is 2.35. The third-order valence-electron chi connectivity index (χ3n) is 2.35. The molecule has 8 heteroatoms. The number of nitrogens with zero attached hydrogens (tertiary/aromatic N) is 3. The first kappa shape index (κ1) is 13.0. The van der Waals surface area contributed by atoms with Crippen molar-refractivity contribution < 1.29 is 14.2 Å². The van der Waals surface area contributed by atoms with Crippen LogP contribution >= 0.6 is 0 Å². The van der Waals surface area contributed by atoms with Crippen molar-refractivity contribution in [3.63, 3.8) is 0 Å². The van der Waals surface area contributed by atoms with E-state index in [0.717, 1.165) is 0 Å². The lowest BCUT2D eigenvalue weighted by Crippen LogP contribution is -2.07. The number of rotatable bonds is 6. The molecule has 0 aliphatic carbocycles. The summed E-state index contributed by atoms with van der Waals surface area (Å²) in [5.41, 5.74) is 0.253. The van der Waals surface area contributed by atoms with Gasteiger partial charge in [0, 0.05) is 19.7 Å². The zero-order chi connectivity index (χ0) is 13.7. The number of benzene rings is 1. The van der Waals surface area contributed by atoms with Gasteiger partial charge in [0.2, 0.25) is 5.82 Å². The second-order valence-corrected chi connectivity index (χ2v) is 3.62. The van der Waals surface area contributed by atoms with Crippen LogP contribution in [0.25, 0.3) is 11.4 Å². The van der Waals surface area contributed by atoms with Gasteiger partial charge in [0.15, 0.2) is 0 Å². The van der Waals surface area contributed by atoms with E-state index in [1.54, 1.807) is 25.3 Å². The summed E-state index contributed by atoms with van der Waals surface area (Å²) >= 11 is 0. The van der Waals surface area contributed by atoms with Crippen LogP contribution in [0.1, 0.15) is 0 Å². The minimum absolute atomic E-state index is 0.0632. The number of hydrogen-bond donors (Lipinski definition) is 1. The van der Waals surface area contributed by atoms with Gasteiger partial charge in [0.25, 0.3) is 5.69 Å².